The number of esters is 2. The van der Waals surface area contributed by atoms with Crippen molar-refractivity contribution >= 4 is 51.5 Å². The van der Waals surface area contributed by atoms with Gasteiger partial charge in [0.25, 0.3) is 0 Å². The van der Waals surface area contributed by atoms with Gasteiger partial charge >= 0.3 is 23.8 Å². The fourth-order valence-corrected chi connectivity index (χ4v) is 4.20. The Balaban J connectivity index is 2.14. The third-order valence-electron chi connectivity index (χ3n) is 4.32. The summed E-state index contributed by atoms with van der Waals surface area (Å²) in [7, 11) is 0. The van der Waals surface area contributed by atoms with Crippen molar-refractivity contribution in [2.45, 2.75) is 46.5 Å². The Morgan fingerprint density at radius 3 is 2.39 bits per heavy atom. The molecule has 11 nitrogen and oxygen atoms in total. The fraction of sp³-hybridized carbons (Fsp3) is 0.474. The number of aryl methyl sites for hydroxylation is 1. The SMILES string of the molecule is CCOC(=O)C(=N\O)/C(C)=N\NC(=O)C(=O)Nc1sc2c(c1C(=O)OCC)CCCC2. The van der Waals surface area contributed by atoms with Crippen molar-refractivity contribution in [1.29, 1.82) is 0 Å². The minimum Gasteiger partial charge on any atom is -0.462 e. The molecule has 0 aromatic carbocycles. The monoisotopic (exact) mass is 452 g/mol. The first kappa shape index (κ1) is 24.0. The molecule has 1 aromatic rings. The quantitative estimate of drug-likeness (QED) is 0.187. The Morgan fingerprint density at radius 2 is 1.74 bits per heavy atom. The Morgan fingerprint density at radius 1 is 1.06 bits per heavy atom. The number of fused-ring (bicyclic) bond motifs is 1. The highest BCUT2D eigenvalue weighted by atomic mass is 32.1. The van der Waals surface area contributed by atoms with Gasteiger partial charge in [0, 0.05) is 4.88 Å². The van der Waals surface area contributed by atoms with Gasteiger partial charge in [-0.2, -0.15) is 5.10 Å². The number of anilines is 1. The first-order chi connectivity index (χ1) is 14.8. The van der Waals surface area contributed by atoms with Crippen molar-refractivity contribution in [2.24, 2.45) is 10.3 Å². The molecule has 1 aromatic heterocycles. The molecule has 12 heteroatoms. The molecule has 0 atom stereocenters. The topological polar surface area (TPSA) is 156 Å². The first-order valence-corrected chi connectivity index (χ1v) is 10.5. The van der Waals surface area contributed by atoms with Crippen molar-refractivity contribution in [3.8, 4) is 0 Å². The molecule has 0 aliphatic heterocycles. The summed E-state index contributed by atoms with van der Waals surface area (Å²) in [5.41, 5.74) is 2.42. The second-order valence-corrected chi connectivity index (χ2v) is 7.50. The minimum atomic E-state index is -1.14. The molecule has 1 aliphatic carbocycles. The highest BCUT2D eigenvalue weighted by molar-refractivity contribution is 7.17. The number of nitrogens with one attached hydrogen (secondary N) is 2. The smallest absolute Gasteiger partial charge is 0.362 e. The summed E-state index contributed by atoms with van der Waals surface area (Å²) in [6.07, 6.45) is 3.39. The van der Waals surface area contributed by atoms with Crippen molar-refractivity contribution in [3.05, 3.63) is 16.0 Å². The van der Waals surface area contributed by atoms with E-state index in [1.807, 2.05) is 5.43 Å². The highest BCUT2D eigenvalue weighted by Crippen LogP contribution is 2.38. The van der Waals surface area contributed by atoms with Gasteiger partial charge in [-0.25, -0.2) is 15.0 Å². The van der Waals surface area contributed by atoms with Gasteiger partial charge in [-0.15, -0.1) is 11.3 Å². The zero-order valence-electron chi connectivity index (χ0n) is 17.4. The molecule has 0 unspecified atom stereocenters. The number of thiophene rings is 1. The summed E-state index contributed by atoms with van der Waals surface area (Å²) in [6.45, 7) is 4.77. The lowest BCUT2D eigenvalue weighted by Gasteiger charge is -2.12. The maximum absolute atomic E-state index is 12.4. The van der Waals surface area contributed by atoms with E-state index in [4.69, 9.17) is 14.7 Å². The van der Waals surface area contributed by atoms with Crippen LogP contribution in [0.1, 0.15) is 54.4 Å². The lowest BCUT2D eigenvalue weighted by Crippen LogP contribution is -2.34. The summed E-state index contributed by atoms with van der Waals surface area (Å²) in [5, 5.41) is 18.0. The van der Waals surface area contributed by atoms with E-state index in [9.17, 15) is 19.2 Å². The number of rotatable bonds is 7. The molecule has 168 valence electrons. The number of hydrogen-bond donors (Lipinski definition) is 3. The van der Waals surface area contributed by atoms with E-state index in [0.717, 1.165) is 29.7 Å². The van der Waals surface area contributed by atoms with Gasteiger partial charge in [-0.05, 0) is 52.0 Å². The third-order valence-corrected chi connectivity index (χ3v) is 5.53. The molecule has 0 saturated heterocycles. The molecular weight excluding hydrogens is 428 g/mol. The third kappa shape index (κ3) is 5.87. The average molecular weight is 452 g/mol. The largest absolute Gasteiger partial charge is 0.462 e. The molecule has 2 amide bonds. The number of hydrogen-bond acceptors (Lipinski definition) is 10. The molecule has 0 bridgehead atoms. The Labute approximate surface area is 182 Å². The second-order valence-electron chi connectivity index (χ2n) is 6.40. The molecule has 2 rings (SSSR count). The molecule has 0 fully saturated rings. The summed E-state index contributed by atoms with van der Waals surface area (Å²) in [4.78, 5) is 49.5. The molecule has 0 saturated carbocycles. The zero-order valence-corrected chi connectivity index (χ0v) is 18.3. The fourth-order valence-electron chi connectivity index (χ4n) is 2.93. The van der Waals surface area contributed by atoms with Gasteiger partial charge in [-0.1, -0.05) is 5.16 Å². The Hall–Kier alpha value is -3.28. The summed E-state index contributed by atoms with van der Waals surface area (Å²) >= 11 is 1.24. The van der Waals surface area contributed by atoms with Gasteiger partial charge in [0.2, 0.25) is 5.71 Å². The van der Waals surface area contributed by atoms with Crippen LogP contribution >= 0.6 is 11.3 Å². The van der Waals surface area contributed by atoms with Crippen LogP contribution in [0.5, 0.6) is 0 Å². The molecule has 0 spiro atoms. The van der Waals surface area contributed by atoms with Crippen LogP contribution in [0.4, 0.5) is 5.00 Å². The van der Waals surface area contributed by atoms with E-state index in [0.29, 0.717) is 6.42 Å². The van der Waals surface area contributed by atoms with Crippen LogP contribution in [0.15, 0.2) is 10.3 Å². The maximum atomic E-state index is 12.4. The maximum Gasteiger partial charge on any atom is 0.362 e. The van der Waals surface area contributed by atoms with Crippen molar-refractivity contribution < 1.29 is 33.9 Å². The minimum absolute atomic E-state index is 0.0491. The van der Waals surface area contributed by atoms with Gasteiger partial charge in [0.05, 0.1) is 24.5 Å². The molecular formula is C19H24N4O7S. The van der Waals surface area contributed by atoms with Crippen molar-refractivity contribution in [1.82, 2.24) is 5.43 Å². The Bertz CT molecular complexity index is 936. The van der Waals surface area contributed by atoms with Crippen molar-refractivity contribution in [3.63, 3.8) is 0 Å². The number of hydrazone groups is 1. The standard InChI is InChI=1S/C19H24N4O7S/c1-4-29-18(26)13-11-8-6-7-9-12(11)31-17(13)20-15(24)16(25)22-21-10(3)14(23-28)19(27)30-5-2/h28H,4-9H2,1-3H3,(H,20,24)(H,22,25)/b21-10-,23-14-. The number of nitrogens with zero attached hydrogens (tertiary/aromatic N) is 2. The van der Waals surface area contributed by atoms with E-state index in [1.54, 1.807) is 13.8 Å². The number of carbonyl (C=O) groups excluding carboxylic acids is 4. The molecule has 1 aliphatic rings. The van der Waals surface area contributed by atoms with Crippen LogP contribution in [0.3, 0.4) is 0 Å². The summed E-state index contributed by atoms with van der Waals surface area (Å²) in [6, 6.07) is 0. The number of ether oxygens (including phenoxy) is 2. The van der Waals surface area contributed by atoms with E-state index in [-0.39, 0.29) is 29.5 Å². The van der Waals surface area contributed by atoms with E-state index in [1.165, 1.54) is 18.3 Å². The van der Waals surface area contributed by atoms with E-state index in [2.05, 4.69) is 15.6 Å². The van der Waals surface area contributed by atoms with Crippen LogP contribution < -0.4 is 10.7 Å². The first-order valence-electron chi connectivity index (χ1n) is 9.70. The summed E-state index contributed by atoms with van der Waals surface area (Å²) in [5.74, 6) is -3.68. The van der Waals surface area contributed by atoms with Gasteiger partial charge in [0.15, 0.2) is 0 Å². The predicted octanol–water partition coefficient (Wildman–Crippen LogP) is 1.63. The van der Waals surface area contributed by atoms with E-state index >= 15 is 0 Å². The van der Waals surface area contributed by atoms with Gasteiger partial charge < -0.3 is 20.0 Å². The van der Waals surface area contributed by atoms with Crippen molar-refractivity contribution in [2.75, 3.05) is 18.5 Å². The molecule has 0 radical (unpaired) electrons. The number of amides is 2. The van der Waals surface area contributed by atoms with Crippen LogP contribution in [0.25, 0.3) is 0 Å². The number of carbonyl (C=O) groups is 4. The lowest BCUT2D eigenvalue weighted by molar-refractivity contribution is -0.136. The van der Waals surface area contributed by atoms with Crippen LogP contribution in [-0.4, -0.2) is 53.6 Å². The average Bonchev–Trinajstić information content (AvgIpc) is 3.10. The Kier molecular flexibility index (Phi) is 8.67. The predicted molar refractivity (Wildman–Crippen MR) is 113 cm³/mol. The van der Waals surface area contributed by atoms with Crippen LogP contribution in [-0.2, 0) is 36.7 Å². The van der Waals surface area contributed by atoms with Gasteiger partial charge in [0.1, 0.15) is 5.00 Å². The molecule has 3 N–H and O–H groups in total. The highest BCUT2D eigenvalue weighted by Gasteiger charge is 2.28. The number of oxime groups is 1. The van der Waals surface area contributed by atoms with E-state index < -0.39 is 29.5 Å². The second kappa shape index (κ2) is 11.2. The lowest BCUT2D eigenvalue weighted by atomic mass is 9.95. The molecule has 31 heavy (non-hydrogen) atoms. The van der Waals surface area contributed by atoms with Crippen LogP contribution in [0, 0.1) is 0 Å². The van der Waals surface area contributed by atoms with Gasteiger partial charge in [-0.3, -0.25) is 9.59 Å². The normalized spacial score (nSPS) is 13.8. The zero-order chi connectivity index (χ0) is 23.0. The van der Waals surface area contributed by atoms with Crippen LogP contribution in [0.2, 0.25) is 0 Å². The molecule has 1 heterocycles. The summed E-state index contributed by atoms with van der Waals surface area (Å²) < 4.78 is 9.81.